The van der Waals surface area contributed by atoms with Gasteiger partial charge in [-0.15, -0.1) is 0 Å². The van der Waals surface area contributed by atoms with Crippen molar-refractivity contribution in [1.29, 1.82) is 0 Å². The van der Waals surface area contributed by atoms with E-state index in [9.17, 15) is 14.4 Å². The lowest BCUT2D eigenvalue weighted by atomic mass is 10.1. The Kier molecular flexibility index (Phi) is 3.44. The molecule has 1 aromatic rings. The number of rotatable bonds is 3. The smallest absolute Gasteiger partial charge is 0.337 e. The molecule has 2 rings (SSSR count). The fraction of sp³-hybridized carbons (Fsp3) is 0.250. The van der Waals surface area contributed by atoms with Gasteiger partial charge in [0.15, 0.2) is 0 Å². The number of carboxylic acid groups (broad SMARTS) is 1. The Morgan fingerprint density at radius 3 is 2.68 bits per heavy atom. The maximum absolute atomic E-state index is 11.7. The largest absolute Gasteiger partial charge is 0.478 e. The van der Waals surface area contributed by atoms with Crippen LogP contribution in [0, 0.1) is 0 Å². The van der Waals surface area contributed by atoms with Crippen molar-refractivity contribution in [3.8, 4) is 0 Å². The number of nitrogens with zero attached hydrogens (tertiary/aromatic N) is 1. The zero-order valence-electron chi connectivity index (χ0n) is 10.0. The molecule has 1 unspecified atom stereocenters. The van der Waals surface area contributed by atoms with Gasteiger partial charge in [-0.2, -0.15) is 0 Å². The second-order valence-electron chi connectivity index (χ2n) is 4.19. The maximum Gasteiger partial charge on any atom is 0.337 e. The molecule has 1 aliphatic heterocycles. The van der Waals surface area contributed by atoms with Gasteiger partial charge in [-0.05, 0) is 18.2 Å². The van der Waals surface area contributed by atoms with Gasteiger partial charge >= 0.3 is 5.97 Å². The predicted octanol–water partition coefficient (Wildman–Crippen LogP) is 1.21. The second-order valence-corrected chi connectivity index (χ2v) is 4.62. The number of anilines is 1. The quantitative estimate of drug-likeness (QED) is 0.814. The van der Waals surface area contributed by atoms with Crippen molar-refractivity contribution in [2.75, 3.05) is 12.4 Å². The first-order valence-corrected chi connectivity index (χ1v) is 5.87. The van der Waals surface area contributed by atoms with Crippen LogP contribution in [-0.2, 0) is 9.59 Å². The number of hydrogen-bond acceptors (Lipinski definition) is 4. The van der Waals surface area contributed by atoms with E-state index in [-0.39, 0.29) is 34.5 Å². The normalized spacial score (nSPS) is 18.8. The molecule has 0 aliphatic carbocycles. The number of imide groups is 1. The number of benzene rings is 1. The Hall–Kier alpha value is -2.08. The molecule has 1 atom stereocenters. The lowest BCUT2D eigenvalue weighted by Crippen LogP contribution is -2.32. The third-order valence-corrected chi connectivity index (χ3v) is 3.16. The average molecular weight is 283 g/mol. The second kappa shape index (κ2) is 4.89. The minimum Gasteiger partial charge on any atom is -0.478 e. The molecule has 100 valence electrons. The first-order valence-electron chi connectivity index (χ1n) is 5.50. The van der Waals surface area contributed by atoms with E-state index in [1.807, 2.05) is 0 Å². The summed E-state index contributed by atoms with van der Waals surface area (Å²) >= 11 is 5.73. The summed E-state index contributed by atoms with van der Waals surface area (Å²) in [7, 11) is 1.40. The maximum atomic E-state index is 11.7. The van der Waals surface area contributed by atoms with E-state index in [0.717, 1.165) is 4.90 Å². The lowest BCUT2D eigenvalue weighted by Gasteiger charge is -2.14. The number of likely N-dealkylation sites (tertiary alicyclic amines) is 1. The molecule has 0 bridgehead atoms. The number of carbonyl (C=O) groups excluding carboxylic acids is 2. The number of halogens is 1. The first kappa shape index (κ1) is 13.4. The lowest BCUT2D eigenvalue weighted by molar-refractivity contribution is -0.136. The van der Waals surface area contributed by atoms with Crippen molar-refractivity contribution in [2.45, 2.75) is 12.5 Å². The molecule has 0 aromatic heterocycles. The van der Waals surface area contributed by atoms with Gasteiger partial charge in [-0.1, -0.05) is 11.6 Å². The minimum absolute atomic E-state index is 0.0109. The van der Waals surface area contributed by atoms with Crippen molar-refractivity contribution >= 4 is 35.1 Å². The highest BCUT2D eigenvalue weighted by Crippen LogP contribution is 2.24. The van der Waals surface area contributed by atoms with Gasteiger partial charge in [-0.25, -0.2) is 4.79 Å². The highest BCUT2D eigenvalue weighted by Gasteiger charge is 2.36. The van der Waals surface area contributed by atoms with E-state index < -0.39 is 12.0 Å². The molecule has 1 heterocycles. The van der Waals surface area contributed by atoms with E-state index in [1.165, 1.54) is 25.2 Å². The predicted molar refractivity (Wildman–Crippen MR) is 68.2 cm³/mol. The average Bonchev–Trinajstić information content (AvgIpc) is 2.59. The Labute approximate surface area is 114 Å². The molecule has 1 aliphatic rings. The summed E-state index contributed by atoms with van der Waals surface area (Å²) < 4.78 is 0. The van der Waals surface area contributed by atoms with Crippen molar-refractivity contribution in [1.82, 2.24) is 4.90 Å². The minimum atomic E-state index is -1.16. The Balaban J connectivity index is 2.27. The molecule has 2 N–H and O–H groups in total. The molecular weight excluding hydrogens is 272 g/mol. The van der Waals surface area contributed by atoms with Crippen LogP contribution in [0.3, 0.4) is 0 Å². The fourth-order valence-corrected chi connectivity index (χ4v) is 2.05. The molecule has 2 amide bonds. The SMILES string of the molecule is CN1C(=O)CC(Nc2ccc(Cl)cc2C(=O)O)C1=O. The number of nitrogens with one attached hydrogen (secondary N) is 1. The Morgan fingerprint density at radius 2 is 2.16 bits per heavy atom. The molecule has 0 radical (unpaired) electrons. The number of hydrogen-bond donors (Lipinski definition) is 2. The fourth-order valence-electron chi connectivity index (χ4n) is 1.88. The molecule has 7 heteroatoms. The van der Waals surface area contributed by atoms with Gasteiger partial charge in [0.25, 0.3) is 5.91 Å². The van der Waals surface area contributed by atoms with E-state index in [4.69, 9.17) is 16.7 Å². The van der Waals surface area contributed by atoms with Gasteiger partial charge in [0, 0.05) is 17.8 Å². The summed E-state index contributed by atoms with van der Waals surface area (Å²) in [4.78, 5) is 35.2. The number of carbonyl (C=O) groups is 3. The van der Waals surface area contributed by atoms with Crippen LogP contribution in [0.2, 0.25) is 5.02 Å². The molecule has 6 nitrogen and oxygen atoms in total. The van der Waals surface area contributed by atoms with Crippen LogP contribution in [0.1, 0.15) is 16.8 Å². The van der Waals surface area contributed by atoms with Crippen LogP contribution < -0.4 is 5.32 Å². The zero-order valence-corrected chi connectivity index (χ0v) is 10.8. The molecule has 0 saturated carbocycles. The standard InChI is InChI=1S/C12H11ClN2O4/c1-15-10(16)5-9(11(15)17)14-8-3-2-6(13)4-7(8)12(18)19/h2-4,9,14H,5H2,1H3,(H,18,19). The van der Waals surface area contributed by atoms with Crippen LogP contribution in [0.4, 0.5) is 5.69 Å². The topological polar surface area (TPSA) is 86.7 Å². The number of carboxylic acids is 1. The molecule has 19 heavy (non-hydrogen) atoms. The van der Waals surface area contributed by atoms with Gasteiger partial charge < -0.3 is 10.4 Å². The van der Waals surface area contributed by atoms with E-state index in [2.05, 4.69) is 5.32 Å². The summed E-state index contributed by atoms with van der Waals surface area (Å²) in [5.41, 5.74) is 0.223. The number of amides is 2. The van der Waals surface area contributed by atoms with Gasteiger partial charge in [0.05, 0.1) is 12.0 Å². The molecule has 0 spiro atoms. The van der Waals surface area contributed by atoms with Crippen molar-refractivity contribution in [3.63, 3.8) is 0 Å². The van der Waals surface area contributed by atoms with E-state index in [0.29, 0.717) is 0 Å². The zero-order chi connectivity index (χ0) is 14.2. The summed E-state index contributed by atoms with van der Waals surface area (Å²) in [6.07, 6.45) is 0.0109. The van der Waals surface area contributed by atoms with Crippen LogP contribution in [0.25, 0.3) is 0 Å². The molecule has 1 saturated heterocycles. The highest BCUT2D eigenvalue weighted by molar-refractivity contribution is 6.31. The van der Waals surface area contributed by atoms with Crippen LogP contribution in [-0.4, -0.2) is 40.9 Å². The van der Waals surface area contributed by atoms with Crippen molar-refractivity contribution in [2.24, 2.45) is 0 Å². The van der Waals surface area contributed by atoms with Crippen LogP contribution in [0.15, 0.2) is 18.2 Å². The number of likely N-dealkylation sites (N-methyl/N-ethyl adjacent to an activating group) is 1. The third-order valence-electron chi connectivity index (χ3n) is 2.92. The Morgan fingerprint density at radius 1 is 1.47 bits per heavy atom. The van der Waals surface area contributed by atoms with Crippen molar-refractivity contribution in [3.05, 3.63) is 28.8 Å². The van der Waals surface area contributed by atoms with E-state index in [1.54, 1.807) is 0 Å². The van der Waals surface area contributed by atoms with Crippen LogP contribution >= 0.6 is 11.6 Å². The van der Waals surface area contributed by atoms with Crippen molar-refractivity contribution < 1.29 is 19.5 Å². The van der Waals surface area contributed by atoms with Gasteiger partial charge in [0.1, 0.15) is 6.04 Å². The highest BCUT2D eigenvalue weighted by atomic mass is 35.5. The Bertz CT molecular complexity index is 573. The van der Waals surface area contributed by atoms with E-state index >= 15 is 0 Å². The van der Waals surface area contributed by atoms with Gasteiger partial charge in [-0.3, -0.25) is 14.5 Å². The monoisotopic (exact) mass is 282 g/mol. The summed E-state index contributed by atoms with van der Waals surface area (Å²) in [6, 6.07) is 3.54. The number of aromatic carboxylic acids is 1. The first-order chi connectivity index (χ1) is 8.90. The molecular formula is C12H11ClN2O4. The summed E-state index contributed by atoms with van der Waals surface area (Å²) in [6.45, 7) is 0. The van der Waals surface area contributed by atoms with Crippen LogP contribution in [0.5, 0.6) is 0 Å². The van der Waals surface area contributed by atoms with Gasteiger partial charge in [0.2, 0.25) is 5.91 Å². The molecule has 1 aromatic carbocycles. The summed E-state index contributed by atoms with van der Waals surface area (Å²) in [5, 5.41) is 12.1. The molecule has 1 fully saturated rings. The summed E-state index contributed by atoms with van der Waals surface area (Å²) in [5.74, 6) is -1.83. The third kappa shape index (κ3) is 2.53.